The summed E-state index contributed by atoms with van der Waals surface area (Å²) in [5, 5.41) is 1.89. The van der Waals surface area contributed by atoms with E-state index in [4.69, 9.17) is 23.6 Å². The lowest BCUT2D eigenvalue weighted by atomic mass is 10.5. The monoisotopic (exact) mass is 182 g/mol. The van der Waals surface area contributed by atoms with E-state index in [2.05, 4.69) is 4.72 Å². The smallest absolute Gasteiger partial charge is 0.143 e. The molecule has 0 unspecified atom stereocenters. The van der Waals surface area contributed by atoms with Gasteiger partial charge in [0.25, 0.3) is 0 Å². The van der Waals surface area contributed by atoms with Crippen molar-refractivity contribution in [2.24, 2.45) is 0 Å². The Labute approximate surface area is 67.8 Å². The van der Waals surface area contributed by atoms with E-state index in [-0.39, 0.29) is 0 Å². The number of hydrogen-bond acceptors (Lipinski definition) is 3. The van der Waals surface area contributed by atoms with Crippen molar-refractivity contribution in [3.05, 3.63) is 23.4 Å². The fourth-order valence-corrected chi connectivity index (χ4v) is 1.19. The van der Waals surface area contributed by atoms with Gasteiger partial charge < -0.3 is 4.72 Å². The number of rotatable bonds is 1. The van der Waals surface area contributed by atoms with Crippen LogP contribution in [0.1, 0.15) is 0 Å². The molecule has 0 fully saturated rings. The highest BCUT2D eigenvalue weighted by molar-refractivity contribution is 8.00. The summed E-state index contributed by atoms with van der Waals surface area (Å²) < 4.78 is 3.85. The van der Waals surface area contributed by atoms with Crippen LogP contribution >= 0.6 is 35.5 Å². The first-order chi connectivity index (χ1) is 4.30. The molecule has 50 valence electrons. The van der Waals surface area contributed by atoms with Crippen molar-refractivity contribution < 1.29 is 0 Å². The molecule has 0 bridgehead atoms. The maximum absolute atomic E-state index is 5.38. The maximum Gasteiger partial charge on any atom is 0.143 e. The first-order valence-corrected chi connectivity index (χ1v) is 3.76. The molecule has 1 aliphatic heterocycles. The van der Waals surface area contributed by atoms with Gasteiger partial charge in [0.2, 0.25) is 0 Å². The van der Waals surface area contributed by atoms with E-state index in [1.807, 2.05) is 11.5 Å². The average Bonchev–Trinajstić information content (AvgIpc) is 1.90. The van der Waals surface area contributed by atoms with Gasteiger partial charge in [0.05, 0.1) is 0 Å². The largest absolute Gasteiger partial charge is 0.310 e. The lowest BCUT2D eigenvalue weighted by Crippen LogP contribution is -2.12. The quantitative estimate of drug-likeness (QED) is 0.495. The number of allylic oxidation sites excluding steroid dienone is 2. The van der Waals surface area contributed by atoms with E-state index in [9.17, 15) is 0 Å². The van der Waals surface area contributed by atoms with Gasteiger partial charge in [-0.2, -0.15) is 3.94 Å². The van der Waals surface area contributed by atoms with Crippen molar-refractivity contribution in [1.29, 1.82) is 0 Å². The fourth-order valence-electron chi connectivity index (χ4n) is 0.389. The lowest BCUT2D eigenvalue weighted by Gasteiger charge is -2.12. The van der Waals surface area contributed by atoms with Crippen molar-refractivity contribution in [3.63, 3.8) is 0 Å². The molecule has 0 amide bonds. The van der Waals surface area contributed by atoms with Crippen LogP contribution in [-0.4, -0.2) is 3.94 Å². The molecule has 5 heteroatoms. The Kier molecular flexibility index (Phi) is 2.57. The molecule has 2 nitrogen and oxygen atoms in total. The zero-order valence-corrected chi connectivity index (χ0v) is 6.67. The van der Waals surface area contributed by atoms with Gasteiger partial charge in [0.15, 0.2) is 0 Å². The SMILES string of the molecule is ClN(Cl)C1=CC=CSN1. The Hall–Kier alpha value is 0.01000. The van der Waals surface area contributed by atoms with E-state index < -0.39 is 0 Å². The van der Waals surface area contributed by atoms with Crippen molar-refractivity contribution in [1.82, 2.24) is 8.66 Å². The second-order valence-corrected chi connectivity index (χ2v) is 2.89. The summed E-state index contributed by atoms with van der Waals surface area (Å²) in [7, 11) is 0. The van der Waals surface area contributed by atoms with Gasteiger partial charge in [-0.05, 0) is 23.4 Å². The van der Waals surface area contributed by atoms with E-state index in [1.54, 1.807) is 6.08 Å². The Morgan fingerprint density at radius 2 is 2.33 bits per heavy atom. The van der Waals surface area contributed by atoms with E-state index in [0.29, 0.717) is 5.82 Å². The number of nitrogens with zero attached hydrogens (tertiary/aromatic N) is 1. The highest BCUT2D eigenvalue weighted by Gasteiger charge is 2.02. The van der Waals surface area contributed by atoms with Crippen LogP contribution < -0.4 is 4.72 Å². The zero-order chi connectivity index (χ0) is 6.69. The number of hydrogen-bond donors (Lipinski definition) is 1. The molecule has 1 rings (SSSR count). The van der Waals surface area contributed by atoms with Crippen LogP contribution in [0.15, 0.2) is 23.4 Å². The normalized spacial score (nSPS) is 16.4. The minimum atomic E-state index is 0.672. The minimum absolute atomic E-state index is 0.672. The molecular formula is C4H4Cl2N2S. The third kappa shape index (κ3) is 2.01. The van der Waals surface area contributed by atoms with Gasteiger partial charge in [-0.1, -0.05) is 6.08 Å². The summed E-state index contributed by atoms with van der Waals surface area (Å²) in [6.45, 7) is 0. The van der Waals surface area contributed by atoms with Gasteiger partial charge in [-0.25, -0.2) is 0 Å². The second kappa shape index (κ2) is 3.25. The topological polar surface area (TPSA) is 15.3 Å². The molecule has 1 N–H and O–H groups in total. The lowest BCUT2D eigenvalue weighted by molar-refractivity contribution is 0.826. The molecule has 1 heterocycles. The highest BCUT2D eigenvalue weighted by atomic mass is 35.5. The summed E-state index contributed by atoms with van der Waals surface area (Å²) >= 11 is 12.2. The fraction of sp³-hybridized carbons (Fsp3) is 0. The van der Waals surface area contributed by atoms with Crippen LogP contribution in [0, 0.1) is 0 Å². The third-order valence-corrected chi connectivity index (χ3v) is 1.73. The molecular weight excluding hydrogens is 179 g/mol. The molecule has 0 saturated heterocycles. The van der Waals surface area contributed by atoms with Crippen LogP contribution in [0.2, 0.25) is 0 Å². The molecule has 0 radical (unpaired) electrons. The summed E-state index contributed by atoms with van der Waals surface area (Å²) in [5.41, 5.74) is 0. The molecule has 0 spiro atoms. The molecule has 1 aliphatic rings. The van der Waals surface area contributed by atoms with Crippen molar-refractivity contribution >= 4 is 35.5 Å². The van der Waals surface area contributed by atoms with E-state index in [1.165, 1.54) is 11.9 Å². The molecule has 0 aromatic carbocycles. The van der Waals surface area contributed by atoms with Crippen LogP contribution in [0.25, 0.3) is 0 Å². The number of nitrogens with one attached hydrogen (secondary N) is 1. The summed E-state index contributed by atoms with van der Waals surface area (Å²) in [6.07, 6.45) is 3.63. The predicted molar refractivity (Wildman–Crippen MR) is 41.5 cm³/mol. The van der Waals surface area contributed by atoms with Crippen LogP contribution in [0.3, 0.4) is 0 Å². The predicted octanol–water partition coefficient (Wildman–Crippen LogP) is 2.20. The van der Waals surface area contributed by atoms with Gasteiger partial charge in [-0.3, -0.25) is 0 Å². The summed E-state index contributed by atoms with van der Waals surface area (Å²) in [5.74, 6) is 0.672. The first kappa shape index (κ1) is 7.12. The zero-order valence-electron chi connectivity index (χ0n) is 4.34. The van der Waals surface area contributed by atoms with Gasteiger partial charge in [0.1, 0.15) is 5.82 Å². The summed E-state index contributed by atoms with van der Waals surface area (Å²) in [4.78, 5) is 0. The van der Waals surface area contributed by atoms with Crippen LogP contribution in [0.5, 0.6) is 0 Å². The molecule has 0 atom stereocenters. The molecule has 0 saturated carbocycles. The van der Waals surface area contributed by atoms with Crippen molar-refractivity contribution in [3.8, 4) is 0 Å². The number of halogens is 2. The summed E-state index contributed by atoms with van der Waals surface area (Å²) in [6, 6.07) is 0. The van der Waals surface area contributed by atoms with Crippen molar-refractivity contribution in [2.45, 2.75) is 0 Å². The second-order valence-electron chi connectivity index (χ2n) is 1.33. The average molecular weight is 183 g/mol. The molecule has 0 aromatic rings. The Balaban J connectivity index is 2.57. The molecule has 9 heavy (non-hydrogen) atoms. The van der Waals surface area contributed by atoms with E-state index >= 15 is 0 Å². The van der Waals surface area contributed by atoms with Gasteiger partial charge in [0, 0.05) is 23.6 Å². The van der Waals surface area contributed by atoms with Crippen LogP contribution in [-0.2, 0) is 0 Å². The Bertz CT molecular complexity index is 155. The first-order valence-electron chi connectivity index (χ1n) is 2.21. The Morgan fingerprint density at radius 3 is 2.67 bits per heavy atom. The van der Waals surface area contributed by atoms with Gasteiger partial charge >= 0.3 is 0 Å². The van der Waals surface area contributed by atoms with Crippen LogP contribution in [0.4, 0.5) is 0 Å². The van der Waals surface area contributed by atoms with E-state index in [0.717, 1.165) is 3.94 Å². The minimum Gasteiger partial charge on any atom is -0.310 e. The van der Waals surface area contributed by atoms with Crippen molar-refractivity contribution in [2.75, 3.05) is 0 Å². The molecule has 0 aromatic heterocycles. The third-order valence-electron chi connectivity index (χ3n) is 0.746. The van der Waals surface area contributed by atoms with Gasteiger partial charge in [-0.15, -0.1) is 0 Å². The molecule has 0 aliphatic carbocycles. The standard InChI is InChI=1S/C4H4Cl2N2S/c5-8(6)4-2-1-3-9-7-4/h1-3,7H. The highest BCUT2D eigenvalue weighted by Crippen LogP contribution is 2.15. The maximum atomic E-state index is 5.38. The Morgan fingerprint density at radius 1 is 1.56 bits per heavy atom.